The molecule has 0 saturated heterocycles. The molecular formula is C15H22O. The quantitative estimate of drug-likeness (QED) is 0.658. The minimum absolute atomic E-state index is 0.250. The zero-order chi connectivity index (χ0) is 11.9. The summed E-state index contributed by atoms with van der Waals surface area (Å²) in [5, 5.41) is 10.3. The van der Waals surface area contributed by atoms with Crippen LogP contribution >= 0.6 is 0 Å². The second kappa shape index (κ2) is 3.89. The van der Waals surface area contributed by atoms with Gasteiger partial charge in [-0.15, -0.1) is 0 Å². The number of aliphatic hydroxyl groups excluding tert-OH is 1. The molecule has 16 heavy (non-hydrogen) atoms. The van der Waals surface area contributed by atoms with E-state index in [2.05, 4.69) is 39.8 Å². The molecule has 1 atom stereocenters. The smallest absolute Gasteiger partial charge is 0.0797 e. The van der Waals surface area contributed by atoms with Gasteiger partial charge >= 0.3 is 0 Å². The lowest BCUT2D eigenvalue weighted by Gasteiger charge is -2.24. The van der Waals surface area contributed by atoms with Crippen LogP contribution in [-0.2, 0) is 6.42 Å². The van der Waals surface area contributed by atoms with Crippen molar-refractivity contribution in [3.8, 4) is 0 Å². The molecule has 1 N–H and O–H groups in total. The first-order valence-electron chi connectivity index (χ1n) is 6.17. The summed E-state index contributed by atoms with van der Waals surface area (Å²) in [4.78, 5) is 0. The zero-order valence-corrected chi connectivity index (χ0v) is 10.8. The summed E-state index contributed by atoms with van der Waals surface area (Å²) in [6, 6.07) is 4.44. The van der Waals surface area contributed by atoms with E-state index in [1.807, 2.05) is 0 Å². The third-order valence-corrected chi connectivity index (χ3v) is 3.93. The Bertz CT molecular complexity index is 404. The van der Waals surface area contributed by atoms with Crippen LogP contribution in [0.2, 0.25) is 0 Å². The number of hydrogen-bond acceptors (Lipinski definition) is 1. The Hall–Kier alpha value is -0.820. The lowest BCUT2D eigenvalue weighted by Crippen LogP contribution is -2.13. The van der Waals surface area contributed by atoms with Crippen molar-refractivity contribution in [1.82, 2.24) is 0 Å². The van der Waals surface area contributed by atoms with Gasteiger partial charge in [0.2, 0.25) is 0 Å². The molecule has 0 amide bonds. The van der Waals surface area contributed by atoms with Crippen LogP contribution in [0.3, 0.4) is 0 Å². The molecule has 1 aromatic carbocycles. The zero-order valence-electron chi connectivity index (χ0n) is 10.8. The van der Waals surface area contributed by atoms with Crippen LogP contribution in [0.25, 0.3) is 0 Å². The molecule has 1 nitrogen and oxygen atoms in total. The Kier molecular flexibility index (Phi) is 2.83. The predicted molar refractivity (Wildman–Crippen MR) is 67.6 cm³/mol. The van der Waals surface area contributed by atoms with Crippen LogP contribution in [0.15, 0.2) is 12.1 Å². The van der Waals surface area contributed by atoms with Crippen molar-refractivity contribution < 1.29 is 5.11 Å². The molecule has 0 radical (unpaired) electrons. The van der Waals surface area contributed by atoms with Gasteiger partial charge in [-0.1, -0.05) is 26.0 Å². The van der Waals surface area contributed by atoms with Crippen LogP contribution in [0.1, 0.15) is 55.0 Å². The first-order chi connectivity index (χ1) is 7.39. The number of aryl methyl sites for hydroxylation is 3. The average molecular weight is 218 g/mol. The maximum absolute atomic E-state index is 10.3. The molecule has 2 rings (SSSR count). The first-order valence-corrected chi connectivity index (χ1v) is 6.17. The maximum Gasteiger partial charge on any atom is 0.0797 e. The molecule has 0 fully saturated rings. The van der Waals surface area contributed by atoms with Gasteiger partial charge in [0.1, 0.15) is 0 Å². The van der Waals surface area contributed by atoms with Gasteiger partial charge in [0.05, 0.1) is 6.10 Å². The van der Waals surface area contributed by atoms with E-state index in [1.165, 1.54) is 23.1 Å². The Morgan fingerprint density at radius 3 is 2.50 bits per heavy atom. The predicted octanol–water partition coefficient (Wildman–Crippen LogP) is 3.70. The monoisotopic (exact) mass is 218 g/mol. The lowest BCUT2D eigenvalue weighted by atomic mass is 9.84. The fraction of sp³-hybridized carbons (Fsp3) is 0.600. The SMILES string of the molecule is Cc1cc2c(cc1C)C(O)CC(C)(C)CC2. The van der Waals surface area contributed by atoms with Gasteiger partial charge in [-0.2, -0.15) is 0 Å². The molecule has 0 spiro atoms. The minimum atomic E-state index is -0.285. The molecule has 1 aliphatic rings. The van der Waals surface area contributed by atoms with E-state index in [0.717, 1.165) is 18.4 Å². The number of benzene rings is 1. The van der Waals surface area contributed by atoms with Crippen LogP contribution in [0, 0.1) is 19.3 Å². The highest BCUT2D eigenvalue weighted by Gasteiger charge is 2.28. The summed E-state index contributed by atoms with van der Waals surface area (Å²) in [6.45, 7) is 8.78. The fourth-order valence-corrected chi connectivity index (χ4v) is 2.63. The van der Waals surface area contributed by atoms with Crippen LogP contribution in [0.5, 0.6) is 0 Å². The van der Waals surface area contributed by atoms with E-state index in [4.69, 9.17) is 0 Å². The maximum atomic E-state index is 10.3. The van der Waals surface area contributed by atoms with Crippen molar-refractivity contribution in [1.29, 1.82) is 0 Å². The minimum Gasteiger partial charge on any atom is -0.388 e. The van der Waals surface area contributed by atoms with Gasteiger partial charge in [0.25, 0.3) is 0 Å². The lowest BCUT2D eigenvalue weighted by molar-refractivity contribution is 0.116. The number of hydrogen-bond donors (Lipinski definition) is 1. The van der Waals surface area contributed by atoms with Gasteiger partial charge in [-0.3, -0.25) is 0 Å². The molecule has 0 heterocycles. The van der Waals surface area contributed by atoms with E-state index in [9.17, 15) is 5.11 Å². The number of fused-ring (bicyclic) bond motifs is 1. The van der Waals surface area contributed by atoms with E-state index in [0.29, 0.717) is 0 Å². The summed E-state index contributed by atoms with van der Waals surface area (Å²) in [5.74, 6) is 0. The highest BCUT2D eigenvalue weighted by atomic mass is 16.3. The van der Waals surface area contributed by atoms with E-state index in [-0.39, 0.29) is 11.5 Å². The summed E-state index contributed by atoms with van der Waals surface area (Å²) in [5.41, 5.74) is 5.39. The molecule has 0 aromatic heterocycles. The number of aliphatic hydroxyl groups is 1. The molecule has 1 unspecified atom stereocenters. The van der Waals surface area contributed by atoms with Crippen molar-refractivity contribution in [2.24, 2.45) is 5.41 Å². The van der Waals surface area contributed by atoms with Gasteiger partial charge in [0, 0.05) is 0 Å². The van der Waals surface area contributed by atoms with Crippen molar-refractivity contribution in [2.75, 3.05) is 0 Å². The molecule has 0 bridgehead atoms. The molecule has 0 aliphatic heterocycles. The standard InChI is InChI=1S/C15H22O/c1-10-7-12-5-6-15(3,4)9-14(16)13(12)8-11(10)2/h7-8,14,16H,5-6,9H2,1-4H3. The van der Waals surface area contributed by atoms with Crippen molar-refractivity contribution in [3.63, 3.8) is 0 Å². The Morgan fingerprint density at radius 2 is 1.81 bits per heavy atom. The average Bonchev–Trinajstić information content (AvgIpc) is 2.27. The van der Waals surface area contributed by atoms with Crippen molar-refractivity contribution in [3.05, 3.63) is 34.4 Å². The van der Waals surface area contributed by atoms with Gasteiger partial charge < -0.3 is 5.11 Å². The van der Waals surface area contributed by atoms with Gasteiger partial charge in [0.15, 0.2) is 0 Å². The van der Waals surface area contributed by atoms with Crippen LogP contribution in [-0.4, -0.2) is 5.11 Å². The largest absolute Gasteiger partial charge is 0.388 e. The summed E-state index contributed by atoms with van der Waals surface area (Å²) in [7, 11) is 0. The third-order valence-electron chi connectivity index (χ3n) is 3.93. The van der Waals surface area contributed by atoms with Gasteiger partial charge in [-0.25, -0.2) is 0 Å². The van der Waals surface area contributed by atoms with Crippen LogP contribution in [0.4, 0.5) is 0 Å². The van der Waals surface area contributed by atoms with E-state index >= 15 is 0 Å². The molecule has 0 saturated carbocycles. The van der Waals surface area contributed by atoms with Gasteiger partial charge in [-0.05, 0) is 60.8 Å². The Balaban J connectivity index is 2.45. The Labute approximate surface area is 98.5 Å². The summed E-state index contributed by atoms with van der Waals surface area (Å²) < 4.78 is 0. The summed E-state index contributed by atoms with van der Waals surface area (Å²) in [6.07, 6.45) is 2.86. The second-order valence-electron chi connectivity index (χ2n) is 6.02. The summed E-state index contributed by atoms with van der Waals surface area (Å²) >= 11 is 0. The molecule has 1 aromatic rings. The number of rotatable bonds is 0. The molecular weight excluding hydrogens is 196 g/mol. The van der Waals surface area contributed by atoms with Crippen molar-refractivity contribution >= 4 is 0 Å². The van der Waals surface area contributed by atoms with Crippen LogP contribution < -0.4 is 0 Å². The highest BCUT2D eigenvalue weighted by molar-refractivity contribution is 5.39. The van der Waals surface area contributed by atoms with E-state index < -0.39 is 0 Å². The molecule has 1 aliphatic carbocycles. The fourth-order valence-electron chi connectivity index (χ4n) is 2.63. The van der Waals surface area contributed by atoms with E-state index in [1.54, 1.807) is 0 Å². The topological polar surface area (TPSA) is 20.2 Å². The molecule has 1 heteroatoms. The normalized spacial score (nSPS) is 23.7. The van der Waals surface area contributed by atoms with Crippen molar-refractivity contribution in [2.45, 2.75) is 53.1 Å². The Morgan fingerprint density at radius 1 is 1.19 bits per heavy atom. The highest BCUT2D eigenvalue weighted by Crippen LogP contribution is 2.39. The molecule has 88 valence electrons. The first kappa shape index (κ1) is 11.7. The third kappa shape index (κ3) is 2.15. The second-order valence-corrected chi connectivity index (χ2v) is 6.02.